The van der Waals surface area contributed by atoms with E-state index in [1.807, 2.05) is 0 Å². The van der Waals surface area contributed by atoms with E-state index in [4.69, 9.17) is 44.8 Å². The largest absolute Gasteiger partial charge is 0.465 e. The van der Waals surface area contributed by atoms with Crippen LogP contribution in [-0.2, 0) is 47.6 Å². The Hall–Kier alpha value is -4.16. The number of esters is 5. The third kappa shape index (κ3) is 8.41. The van der Waals surface area contributed by atoms with Crippen molar-refractivity contribution in [2.24, 2.45) is 0 Å². The molecule has 13 heteroatoms. The van der Waals surface area contributed by atoms with E-state index >= 15 is 0 Å². The van der Waals surface area contributed by atoms with Gasteiger partial charge in [0.25, 0.3) is 0 Å². The van der Waals surface area contributed by atoms with Gasteiger partial charge in [-0.1, -0.05) is 29.8 Å². The molecular formula is C28H29ClO12. The van der Waals surface area contributed by atoms with E-state index in [-0.39, 0.29) is 10.8 Å². The van der Waals surface area contributed by atoms with E-state index in [1.54, 1.807) is 42.5 Å². The zero-order valence-corrected chi connectivity index (χ0v) is 23.7. The Morgan fingerprint density at radius 3 is 1.88 bits per heavy atom. The SMILES string of the molecule is COC(=O)c1ccc(-c2ccc(Cl)c(O[C@@H]3O[C@H](COC(C)=O)[C@@H](OC(C)=O)[C@H](OC(C)=O)[C@@H]3OC(C)=O)c2)cc1. The van der Waals surface area contributed by atoms with Crippen molar-refractivity contribution in [1.82, 2.24) is 0 Å². The second-order valence-electron chi connectivity index (χ2n) is 8.90. The van der Waals surface area contributed by atoms with Gasteiger partial charge < -0.3 is 33.2 Å². The Morgan fingerprint density at radius 1 is 0.756 bits per heavy atom. The van der Waals surface area contributed by atoms with Gasteiger partial charge in [0.15, 0.2) is 12.2 Å². The Labute approximate surface area is 240 Å². The fourth-order valence-corrected chi connectivity index (χ4v) is 4.26. The lowest BCUT2D eigenvalue weighted by Crippen LogP contribution is -2.63. The molecule has 2 aromatic rings. The predicted molar refractivity (Wildman–Crippen MR) is 141 cm³/mol. The monoisotopic (exact) mass is 592 g/mol. The number of hydrogen-bond donors (Lipinski definition) is 0. The molecule has 41 heavy (non-hydrogen) atoms. The summed E-state index contributed by atoms with van der Waals surface area (Å²) >= 11 is 6.43. The van der Waals surface area contributed by atoms with Crippen molar-refractivity contribution in [1.29, 1.82) is 0 Å². The van der Waals surface area contributed by atoms with Gasteiger partial charge in [-0.15, -0.1) is 0 Å². The molecule has 12 nitrogen and oxygen atoms in total. The molecular weight excluding hydrogens is 564 g/mol. The van der Waals surface area contributed by atoms with Crippen LogP contribution in [-0.4, -0.2) is 74.3 Å². The number of carbonyl (C=O) groups excluding carboxylic acids is 5. The summed E-state index contributed by atoms with van der Waals surface area (Å²) in [5, 5.41) is 0.160. The summed E-state index contributed by atoms with van der Waals surface area (Å²) in [7, 11) is 1.28. The van der Waals surface area contributed by atoms with Gasteiger partial charge in [-0.3, -0.25) is 19.2 Å². The van der Waals surface area contributed by atoms with Gasteiger partial charge in [0.1, 0.15) is 18.5 Å². The molecule has 1 heterocycles. The first-order valence-corrected chi connectivity index (χ1v) is 12.7. The lowest BCUT2D eigenvalue weighted by atomic mass is 9.98. The van der Waals surface area contributed by atoms with Crippen LogP contribution in [0.4, 0.5) is 0 Å². The van der Waals surface area contributed by atoms with Crippen LogP contribution in [0.25, 0.3) is 11.1 Å². The molecule has 3 rings (SSSR count). The van der Waals surface area contributed by atoms with Crippen molar-refractivity contribution in [2.45, 2.75) is 58.4 Å². The molecule has 0 unspecified atom stereocenters. The van der Waals surface area contributed by atoms with Crippen molar-refractivity contribution in [2.75, 3.05) is 13.7 Å². The average molecular weight is 593 g/mol. The first-order chi connectivity index (χ1) is 19.4. The maximum absolute atomic E-state index is 12.1. The van der Waals surface area contributed by atoms with Crippen molar-refractivity contribution in [3.8, 4) is 16.9 Å². The van der Waals surface area contributed by atoms with Gasteiger partial charge in [-0.05, 0) is 35.4 Å². The van der Waals surface area contributed by atoms with Crippen molar-refractivity contribution in [3.05, 3.63) is 53.1 Å². The highest BCUT2D eigenvalue weighted by molar-refractivity contribution is 6.32. The van der Waals surface area contributed by atoms with Crippen LogP contribution < -0.4 is 4.74 Å². The number of hydrogen-bond acceptors (Lipinski definition) is 12. The number of ether oxygens (including phenoxy) is 7. The lowest BCUT2D eigenvalue weighted by Gasteiger charge is -2.44. The van der Waals surface area contributed by atoms with Gasteiger partial charge in [0.2, 0.25) is 12.4 Å². The fourth-order valence-electron chi connectivity index (χ4n) is 4.10. The van der Waals surface area contributed by atoms with Gasteiger partial charge in [-0.2, -0.15) is 0 Å². The van der Waals surface area contributed by atoms with Crippen LogP contribution in [0.1, 0.15) is 38.1 Å². The number of methoxy groups -OCH3 is 1. The van der Waals surface area contributed by atoms with E-state index in [0.717, 1.165) is 20.8 Å². The zero-order valence-electron chi connectivity index (χ0n) is 22.9. The normalized spacial score (nSPS) is 21.7. The van der Waals surface area contributed by atoms with Crippen LogP contribution in [0.3, 0.4) is 0 Å². The van der Waals surface area contributed by atoms with Gasteiger partial charge in [-0.25, -0.2) is 4.79 Å². The summed E-state index contributed by atoms with van der Waals surface area (Å²) in [5.74, 6) is -3.32. The zero-order chi connectivity index (χ0) is 30.3. The second-order valence-corrected chi connectivity index (χ2v) is 9.31. The molecule has 1 saturated heterocycles. The van der Waals surface area contributed by atoms with E-state index in [1.165, 1.54) is 14.0 Å². The summed E-state index contributed by atoms with van der Waals surface area (Å²) in [6.45, 7) is 4.14. The molecule has 0 spiro atoms. The van der Waals surface area contributed by atoms with E-state index < -0.39 is 67.2 Å². The molecule has 1 aliphatic rings. The summed E-state index contributed by atoms with van der Waals surface area (Å²) in [5.41, 5.74) is 1.71. The standard InChI is InChI=1S/C28H29ClO12/c1-14(30)36-13-23-24(37-15(2)31)25(38-16(3)32)26(39-17(4)33)28(41-23)40-22-12-20(10-11-21(22)29)18-6-8-19(9-7-18)27(34)35-5/h6-12,23-26,28H,13H2,1-5H3/t23-,24-,25+,26+,28-/m1/s1. The smallest absolute Gasteiger partial charge is 0.337 e. The molecule has 0 bridgehead atoms. The molecule has 0 aliphatic carbocycles. The second kappa shape index (κ2) is 14.0. The van der Waals surface area contributed by atoms with Crippen LogP contribution in [0, 0.1) is 0 Å². The van der Waals surface area contributed by atoms with Gasteiger partial charge in [0.05, 0.1) is 17.7 Å². The van der Waals surface area contributed by atoms with Crippen molar-refractivity contribution >= 4 is 41.4 Å². The predicted octanol–water partition coefficient (Wildman–Crippen LogP) is 3.26. The van der Waals surface area contributed by atoms with Crippen molar-refractivity contribution in [3.63, 3.8) is 0 Å². The lowest BCUT2D eigenvalue weighted by molar-refractivity contribution is -0.288. The molecule has 220 valence electrons. The molecule has 0 N–H and O–H groups in total. The molecule has 0 radical (unpaired) electrons. The quantitative estimate of drug-likeness (QED) is 0.310. The third-order valence-corrected chi connectivity index (χ3v) is 6.07. The van der Waals surface area contributed by atoms with Crippen LogP contribution in [0.15, 0.2) is 42.5 Å². The molecule has 0 amide bonds. The third-order valence-electron chi connectivity index (χ3n) is 5.76. The Bertz CT molecular complexity index is 1290. The number of halogens is 1. The van der Waals surface area contributed by atoms with Gasteiger partial charge >= 0.3 is 29.8 Å². The summed E-state index contributed by atoms with van der Waals surface area (Å²) < 4.78 is 38.1. The minimum absolute atomic E-state index is 0.0992. The summed E-state index contributed by atoms with van der Waals surface area (Å²) in [4.78, 5) is 59.3. The van der Waals surface area contributed by atoms with Crippen molar-refractivity contribution < 1.29 is 57.1 Å². The number of carbonyl (C=O) groups is 5. The first kappa shape index (κ1) is 31.4. The van der Waals surface area contributed by atoms with Gasteiger partial charge in [0, 0.05) is 27.7 Å². The first-order valence-electron chi connectivity index (χ1n) is 12.3. The minimum Gasteiger partial charge on any atom is -0.465 e. The maximum atomic E-state index is 12.1. The van der Waals surface area contributed by atoms with Crippen LogP contribution in [0.5, 0.6) is 5.75 Å². The summed E-state index contributed by atoms with van der Waals surface area (Å²) in [6, 6.07) is 11.5. The summed E-state index contributed by atoms with van der Waals surface area (Å²) in [6.07, 6.45) is -6.78. The topological polar surface area (TPSA) is 150 Å². The van der Waals surface area contributed by atoms with E-state index in [0.29, 0.717) is 16.7 Å². The van der Waals surface area contributed by atoms with E-state index in [2.05, 4.69) is 0 Å². The van der Waals surface area contributed by atoms with Crippen LogP contribution in [0.2, 0.25) is 5.02 Å². The average Bonchev–Trinajstić information content (AvgIpc) is 2.91. The molecule has 2 aromatic carbocycles. The molecule has 5 atom stereocenters. The highest BCUT2D eigenvalue weighted by Crippen LogP contribution is 2.35. The fraction of sp³-hybridized carbons (Fsp3) is 0.393. The Morgan fingerprint density at radius 2 is 1.32 bits per heavy atom. The molecule has 0 saturated carbocycles. The highest BCUT2D eigenvalue weighted by atomic mass is 35.5. The maximum Gasteiger partial charge on any atom is 0.337 e. The van der Waals surface area contributed by atoms with Crippen LogP contribution >= 0.6 is 11.6 Å². The molecule has 0 aromatic heterocycles. The van der Waals surface area contributed by atoms with E-state index in [9.17, 15) is 24.0 Å². The molecule has 1 fully saturated rings. The highest BCUT2D eigenvalue weighted by Gasteiger charge is 2.53. The Balaban J connectivity index is 2.01. The number of benzene rings is 2. The minimum atomic E-state index is -1.45. The number of rotatable bonds is 9. The Kier molecular flexibility index (Phi) is 10.7. The molecule has 1 aliphatic heterocycles.